The average molecular weight is 272 g/mol. The molecule has 1 N–H and O–H groups in total. The van der Waals surface area contributed by atoms with Crippen molar-refractivity contribution in [1.29, 1.82) is 0 Å². The zero-order valence-electron chi connectivity index (χ0n) is 9.05. The van der Waals surface area contributed by atoms with Crippen LogP contribution in [0.15, 0.2) is 11.6 Å². The van der Waals surface area contributed by atoms with Gasteiger partial charge in [0.05, 0.1) is 0 Å². The van der Waals surface area contributed by atoms with Gasteiger partial charge in [-0.25, -0.2) is 4.98 Å². The molecule has 8 heteroatoms. The first-order valence-electron chi connectivity index (χ1n) is 5.01. The van der Waals surface area contributed by atoms with Gasteiger partial charge in [-0.2, -0.15) is 5.21 Å². The average Bonchev–Trinajstić information content (AvgIpc) is 2.95. The highest BCUT2D eigenvalue weighted by atomic mass is 35.5. The number of carbonyl (C=O) groups is 1. The van der Waals surface area contributed by atoms with Crippen molar-refractivity contribution < 1.29 is 4.79 Å². The maximum absolute atomic E-state index is 12.2. The number of aromatic nitrogens is 4. The molecule has 6 nitrogen and oxygen atoms in total. The van der Waals surface area contributed by atoms with E-state index in [1.54, 1.807) is 11.1 Å². The summed E-state index contributed by atoms with van der Waals surface area (Å²) >= 11 is 7.17. The molecule has 90 valence electrons. The number of hydrogen-bond donors (Lipinski definition) is 1. The second kappa shape index (κ2) is 5.24. The van der Waals surface area contributed by atoms with Gasteiger partial charge in [-0.1, -0.05) is 18.5 Å². The van der Waals surface area contributed by atoms with E-state index in [0.29, 0.717) is 11.7 Å². The lowest BCUT2D eigenvalue weighted by molar-refractivity contribution is 0.0982. The number of H-pyrrole nitrogens is 1. The summed E-state index contributed by atoms with van der Waals surface area (Å²) in [6.07, 6.45) is 2.47. The van der Waals surface area contributed by atoms with E-state index in [1.807, 2.05) is 12.3 Å². The first kappa shape index (κ1) is 12.0. The number of nitrogens with one attached hydrogen (secondary N) is 1. The zero-order chi connectivity index (χ0) is 12.3. The summed E-state index contributed by atoms with van der Waals surface area (Å²) in [4.78, 5) is 17.9. The Morgan fingerprint density at radius 3 is 2.94 bits per heavy atom. The van der Waals surface area contributed by atoms with Gasteiger partial charge in [-0.3, -0.25) is 9.69 Å². The Hall–Kier alpha value is -1.47. The zero-order valence-corrected chi connectivity index (χ0v) is 10.6. The Morgan fingerprint density at radius 1 is 1.59 bits per heavy atom. The summed E-state index contributed by atoms with van der Waals surface area (Å²) < 4.78 is 0. The van der Waals surface area contributed by atoms with Gasteiger partial charge in [0.25, 0.3) is 5.91 Å². The van der Waals surface area contributed by atoms with Gasteiger partial charge in [0.15, 0.2) is 16.0 Å². The lowest BCUT2D eigenvalue weighted by Gasteiger charge is -2.17. The van der Waals surface area contributed by atoms with Crippen LogP contribution in [0.5, 0.6) is 0 Å². The van der Waals surface area contributed by atoms with Crippen molar-refractivity contribution in [2.24, 2.45) is 0 Å². The first-order chi connectivity index (χ1) is 8.24. The third-order valence-electron chi connectivity index (χ3n) is 2.05. The third-order valence-corrected chi connectivity index (χ3v) is 3.11. The van der Waals surface area contributed by atoms with E-state index in [-0.39, 0.29) is 16.8 Å². The van der Waals surface area contributed by atoms with Gasteiger partial charge < -0.3 is 0 Å². The van der Waals surface area contributed by atoms with Crippen LogP contribution in [0.4, 0.5) is 5.13 Å². The number of nitrogens with zero attached hydrogens (tertiary/aromatic N) is 4. The quantitative estimate of drug-likeness (QED) is 0.922. The minimum atomic E-state index is -0.291. The molecule has 2 rings (SSSR count). The Balaban J connectivity index is 2.29. The standard InChI is InChI=1S/C9H10ClN5OS/c1-2-4-15(9-11-3-5-17-9)8(16)6-7(10)13-14-12-6/h3,5H,2,4H2,1H3,(H,12,13,14). The Labute approximate surface area is 107 Å². The molecule has 0 spiro atoms. The molecule has 2 aromatic rings. The molecule has 1 amide bonds. The summed E-state index contributed by atoms with van der Waals surface area (Å²) in [6.45, 7) is 2.55. The molecule has 0 saturated carbocycles. The van der Waals surface area contributed by atoms with Crippen LogP contribution in [0.1, 0.15) is 23.8 Å². The smallest absolute Gasteiger partial charge is 0.283 e. The van der Waals surface area contributed by atoms with Crippen molar-refractivity contribution in [3.8, 4) is 0 Å². The number of anilines is 1. The fraction of sp³-hybridized carbons (Fsp3) is 0.333. The maximum Gasteiger partial charge on any atom is 0.283 e. The van der Waals surface area contributed by atoms with Crippen molar-refractivity contribution in [1.82, 2.24) is 20.4 Å². The van der Waals surface area contributed by atoms with Crippen LogP contribution in [-0.4, -0.2) is 32.8 Å². The minimum absolute atomic E-state index is 0.0765. The highest BCUT2D eigenvalue weighted by molar-refractivity contribution is 7.13. The van der Waals surface area contributed by atoms with Crippen LogP contribution >= 0.6 is 22.9 Å². The molecule has 17 heavy (non-hydrogen) atoms. The van der Waals surface area contributed by atoms with Crippen LogP contribution in [-0.2, 0) is 0 Å². The van der Waals surface area contributed by atoms with Crippen LogP contribution in [0.3, 0.4) is 0 Å². The van der Waals surface area contributed by atoms with Gasteiger partial charge in [-0.15, -0.1) is 21.5 Å². The Bertz CT molecular complexity index is 497. The molecular weight excluding hydrogens is 262 g/mol. The molecule has 0 aliphatic carbocycles. The van der Waals surface area contributed by atoms with E-state index < -0.39 is 0 Å². The summed E-state index contributed by atoms with van der Waals surface area (Å²) in [5.74, 6) is -0.291. The molecule has 0 bridgehead atoms. The molecule has 0 saturated heterocycles. The second-order valence-corrected chi connectivity index (χ2v) is 4.47. The largest absolute Gasteiger partial charge is 0.283 e. The highest BCUT2D eigenvalue weighted by Crippen LogP contribution is 2.21. The van der Waals surface area contributed by atoms with Crippen LogP contribution in [0.25, 0.3) is 0 Å². The van der Waals surface area contributed by atoms with E-state index >= 15 is 0 Å². The molecule has 0 unspecified atom stereocenters. The van der Waals surface area contributed by atoms with E-state index in [1.165, 1.54) is 11.3 Å². The monoisotopic (exact) mass is 271 g/mol. The Morgan fingerprint density at radius 2 is 2.41 bits per heavy atom. The number of amides is 1. The van der Waals surface area contributed by atoms with Gasteiger partial charge in [0, 0.05) is 18.1 Å². The highest BCUT2D eigenvalue weighted by Gasteiger charge is 2.24. The summed E-state index contributed by atoms with van der Waals surface area (Å²) in [6, 6.07) is 0. The van der Waals surface area contributed by atoms with Crippen molar-refractivity contribution in [2.75, 3.05) is 11.4 Å². The Kier molecular flexibility index (Phi) is 3.70. The van der Waals surface area contributed by atoms with Crippen LogP contribution in [0.2, 0.25) is 5.15 Å². The molecule has 0 aliphatic rings. The van der Waals surface area contributed by atoms with Gasteiger partial charge >= 0.3 is 0 Å². The number of rotatable bonds is 4. The molecule has 2 aromatic heterocycles. The summed E-state index contributed by atoms with van der Waals surface area (Å²) in [7, 11) is 0. The van der Waals surface area contributed by atoms with Crippen molar-refractivity contribution in [3.05, 3.63) is 22.4 Å². The fourth-order valence-corrected chi connectivity index (χ4v) is 2.17. The molecule has 0 fully saturated rings. The van der Waals surface area contributed by atoms with Crippen LogP contribution in [0, 0.1) is 0 Å². The van der Waals surface area contributed by atoms with Crippen molar-refractivity contribution >= 4 is 34.0 Å². The van der Waals surface area contributed by atoms with Gasteiger partial charge in [0.1, 0.15) is 0 Å². The number of hydrogen-bond acceptors (Lipinski definition) is 5. The maximum atomic E-state index is 12.2. The van der Waals surface area contributed by atoms with Gasteiger partial charge in [-0.05, 0) is 6.42 Å². The first-order valence-corrected chi connectivity index (χ1v) is 6.27. The molecule has 0 aromatic carbocycles. The minimum Gasteiger partial charge on any atom is -0.283 e. The number of aromatic amines is 1. The van der Waals surface area contributed by atoms with E-state index in [2.05, 4.69) is 20.4 Å². The van der Waals surface area contributed by atoms with E-state index in [4.69, 9.17) is 11.6 Å². The number of halogens is 1. The molecular formula is C9H10ClN5OS. The second-order valence-electron chi connectivity index (χ2n) is 3.23. The van der Waals surface area contributed by atoms with Gasteiger partial charge in [0.2, 0.25) is 0 Å². The lowest BCUT2D eigenvalue weighted by Crippen LogP contribution is -2.32. The number of thiazole rings is 1. The third kappa shape index (κ3) is 2.45. The number of carbonyl (C=O) groups excluding carboxylic acids is 1. The van der Waals surface area contributed by atoms with Crippen LogP contribution < -0.4 is 4.90 Å². The van der Waals surface area contributed by atoms with E-state index in [0.717, 1.165) is 6.42 Å². The fourth-order valence-electron chi connectivity index (χ4n) is 1.34. The van der Waals surface area contributed by atoms with Crippen molar-refractivity contribution in [2.45, 2.75) is 13.3 Å². The predicted molar refractivity (Wildman–Crippen MR) is 65.5 cm³/mol. The van der Waals surface area contributed by atoms with Crippen molar-refractivity contribution in [3.63, 3.8) is 0 Å². The predicted octanol–water partition coefficient (Wildman–Crippen LogP) is 1.97. The normalized spacial score (nSPS) is 10.5. The molecule has 0 aliphatic heterocycles. The van der Waals surface area contributed by atoms with E-state index in [9.17, 15) is 4.79 Å². The molecule has 0 radical (unpaired) electrons. The summed E-state index contributed by atoms with van der Waals surface area (Å²) in [5.41, 5.74) is 0.121. The SMILES string of the molecule is CCCN(C(=O)c1n[nH]nc1Cl)c1nccs1. The summed E-state index contributed by atoms with van der Waals surface area (Å²) in [5, 5.41) is 12.2. The lowest BCUT2D eigenvalue weighted by atomic mass is 10.3. The topological polar surface area (TPSA) is 74.8 Å². The molecule has 0 atom stereocenters. The molecule has 2 heterocycles.